The molecular weight excluding hydrogens is 502 g/mol. The lowest BCUT2D eigenvalue weighted by Gasteiger charge is -2.33. The number of hydrogen-bond acceptors (Lipinski definition) is 5. The van der Waals surface area contributed by atoms with E-state index in [0.717, 1.165) is 54.5 Å². The number of halogens is 1. The third-order valence-electron chi connectivity index (χ3n) is 7.64. The van der Waals surface area contributed by atoms with Crippen LogP contribution in [0.4, 0.5) is 16.6 Å². The van der Waals surface area contributed by atoms with Crippen molar-refractivity contribution in [2.45, 2.75) is 65.7 Å². The van der Waals surface area contributed by atoms with E-state index in [0.29, 0.717) is 22.3 Å². The van der Waals surface area contributed by atoms with Crippen molar-refractivity contribution in [2.24, 2.45) is 16.3 Å². The van der Waals surface area contributed by atoms with Gasteiger partial charge >= 0.3 is 0 Å². The van der Waals surface area contributed by atoms with E-state index >= 15 is 0 Å². The van der Waals surface area contributed by atoms with E-state index in [1.54, 1.807) is 29.7 Å². The first-order valence-electron chi connectivity index (χ1n) is 13.4. The van der Waals surface area contributed by atoms with Gasteiger partial charge in [0, 0.05) is 34.7 Å². The molecule has 0 radical (unpaired) electrons. The number of amides is 1. The number of hydrogen-bond donors (Lipinski definition) is 1. The summed E-state index contributed by atoms with van der Waals surface area (Å²) < 4.78 is 6.14. The van der Waals surface area contributed by atoms with Crippen molar-refractivity contribution in [1.82, 2.24) is 0 Å². The van der Waals surface area contributed by atoms with E-state index in [1.165, 1.54) is 30.6 Å². The molecule has 1 aliphatic carbocycles. The van der Waals surface area contributed by atoms with Crippen molar-refractivity contribution in [3.63, 3.8) is 0 Å². The molecule has 0 bridgehead atoms. The van der Waals surface area contributed by atoms with E-state index < -0.39 is 0 Å². The van der Waals surface area contributed by atoms with Gasteiger partial charge in [0.05, 0.1) is 11.8 Å². The van der Waals surface area contributed by atoms with Crippen LogP contribution in [0.1, 0.15) is 79.4 Å². The standard InChI is InChI=1S/C30H36ClN3O2S/c1-30(2,3)20-8-14-24-25(18-20)37-29(27(24)28(35)33-22-11-9-21(31)10-12-22)32-19-23-13-15-26(36-23)34-16-6-4-5-7-17-34/h9-13,15,19-20H,4-8,14,16-18H2,1-3H3,(H,33,35)/t20-/m0/s1. The summed E-state index contributed by atoms with van der Waals surface area (Å²) >= 11 is 7.68. The summed E-state index contributed by atoms with van der Waals surface area (Å²) in [5.74, 6) is 2.08. The van der Waals surface area contributed by atoms with Crippen molar-refractivity contribution in [1.29, 1.82) is 0 Å². The van der Waals surface area contributed by atoms with Gasteiger partial charge in [-0.1, -0.05) is 45.2 Å². The predicted octanol–water partition coefficient (Wildman–Crippen LogP) is 8.53. The zero-order valence-electron chi connectivity index (χ0n) is 22.0. The SMILES string of the molecule is CC(C)(C)[C@H]1CCc2c(sc(N=Cc3ccc(N4CCCCCC4)o3)c2C(=O)Nc2ccc(Cl)cc2)C1. The summed E-state index contributed by atoms with van der Waals surface area (Å²) in [7, 11) is 0. The molecule has 3 heterocycles. The largest absolute Gasteiger partial charge is 0.440 e. The molecule has 5 rings (SSSR count). The first kappa shape index (κ1) is 26.1. The number of carbonyl (C=O) groups excluding carboxylic acids is 1. The van der Waals surface area contributed by atoms with Crippen LogP contribution in [-0.2, 0) is 12.8 Å². The van der Waals surface area contributed by atoms with E-state index in [4.69, 9.17) is 21.0 Å². The molecule has 3 aromatic rings. The number of nitrogens with one attached hydrogen (secondary N) is 1. The molecule has 1 fully saturated rings. The Labute approximate surface area is 228 Å². The molecule has 2 aliphatic rings. The van der Waals surface area contributed by atoms with Gasteiger partial charge in [0.2, 0.25) is 0 Å². The van der Waals surface area contributed by atoms with Crippen molar-refractivity contribution in [3.05, 3.63) is 63.2 Å². The summed E-state index contributed by atoms with van der Waals surface area (Å²) in [6.07, 6.45) is 9.69. The van der Waals surface area contributed by atoms with E-state index in [-0.39, 0.29) is 11.3 Å². The number of carbonyl (C=O) groups is 1. The second-order valence-corrected chi connectivity index (χ2v) is 12.8. The first-order chi connectivity index (χ1) is 17.8. The van der Waals surface area contributed by atoms with Crippen LogP contribution in [0.3, 0.4) is 0 Å². The number of anilines is 2. The fourth-order valence-electron chi connectivity index (χ4n) is 5.36. The monoisotopic (exact) mass is 537 g/mol. The van der Waals surface area contributed by atoms with Crippen LogP contribution in [0.25, 0.3) is 0 Å². The smallest absolute Gasteiger partial charge is 0.259 e. The van der Waals surface area contributed by atoms with Gasteiger partial charge in [0.1, 0.15) is 10.8 Å². The van der Waals surface area contributed by atoms with E-state index in [9.17, 15) is 4.79 Å². The van der Waals surface area contributed by atoms with Crippen LogP contribution in [0.5, 0.6) is 0 Å². The number of rotatable bonds is 5. The maximum Gasteiger partial charge on any atom is 0.259 e. The van der Waals surface area contributed by atoms with Crippen molar-refractivity contribution >= 4 is 51.6 Å². The maximum atomic E-state index is 13.5. The van der Waals surface area contributed by atoms with E-state index in [1.807, 2.05) is 24.3 Å². The lowest BCUT2D eigenvalue weighted by atomic mass is 9.72. The molecule has 196 valence electrons. The van der Waals surface area contributed by atoms with Gasteiger partial charge in [-0.25, -0.2) is 4.99 Å². The molecular formula is C30H36ClN3O2S. The number of aliphatic imine (C=N–C) groups is 1. The normalized spacial score (nSPS) is 18.6. The Hall–Kier alpha value is -2.57. The maximum absolute atomic E-state index is 13.5. The number of nitrogens with zero attached hydrogens (tertiary/aromatic N) is 2. The van der Waals surface area contributed by atoms with Crippen LogP contribution >= 0.6 is 22.9 Å². The molecule has 37 heavy (non-hydrogen) atoms. The number of thiophene rings is 1. The summed E-state index contributed by atoms with van der Waals surface area (Å²) in [5, 5.41) is 4.45. The Bertz CT molecular complexity index is 1260. The van der Waals surface area contributed by atoms with Crippen molar-refractivity contribution in [3.8, 4) is 0 Å². The summed E-state index contributed by atoms with van der Waals surface area (Å²) in [5.41, 5.74) is 2.79. The molecule has 1 saturated heterocycles. The minimum absolute atomic E-state index is 0.120. The zero-order valence-corrected chi connectivity index (χ0v) is 23.6. The number of fused-ring (bicyclic) bond motifs is 1. The quantitative estimate of drug-likeness (QED) is 0.332. The summed E-state index contributed by atoms with van der Waals surface area (Å²) in [6.45, 7) is 8.99. The summed E-state index contributed by atoms with van der Waals surface area (Å²) in [6, 6.07) is 11.2. The van der Waals surface area contributed by atoms with Gasteiger partial charge in [0.25, 0.3) is 5.91 Å². The molecule has 5 nitrogen and oxygen atoms in total. The summed E-state index contributed by atoms with van der Waals surface area (Å²) in [4.78, 5) is 22.0. The van der Waals surface area contributed by atoms with Crippen LogP contribution in [-0.4, -0.2) is 25.2 Å². The Morgan fingerprint density at radius 2 is 1.84 bits per heavy atom. The molecule has 1 amide bonds. The van der Waals surface area contributed by atoms with Crippen LogP contribution in [0.15, 0.2) is 45.8 Å². The second kappa shape index (κ2) is 11.0. The Morgan fingerprint density at radius 1 is 1.11 bits per heavy atom. The van der Waals surface area contributed by atoms with Crippen LogP contribution in [0.2, 0.25) is 5.02 Å². The first-order valence-corrected chi connectivity index (χ1v) is 14.6. The molecule has 1 N–H and O–H groups in total. The third-order valence-corrected chi connectivity index (χ3v) is 9.05. The molecule has 7 heteroatoms. The minimum atomic E-state index is -0.120. The predicted molar refractivity (Wildman–Crippen MR) is 155 cm³/mol. The van der Waals surface area contributed by atoms with Crippen molar-refractivity contribution in [2.75, 3.05) is 23.3 Å². The lowest BCUT2D eigenvalue weighted by Crippen LogP contribution is -2.27. The van der Waals surface area contributed by atoms with Gasteiger partial charge in [-0.15, -0.1) is 11.3 Å². The highest BCUT2D eigenvalue weighted by Crippen LogP contribution is 2.45. The molecule has 0 unspecified atom stereocenters. The lowest BCUT2D eigenvalue weighted by molar-refractivity contribution is 0.102. The Balaban J connectivity index is 1.42. The van der Waals surface area contributed by atoms with Gasteiger partial charge in [-0.3, -0.25) is 4.79 Å². The fraction of sp³-hybridized carbons (Fsp3) is 0.467. The highest BCUT2D eigenvalue weighted by Gasteiger charge is 2.33. The average Bonchev–Trinajstić information content (AvgIpc) is 3.38. The molecule has 0 saturated carbocycles. The molecule has 0 spiro atoms. The Kier molecular flexibility index (Phi) is 7.77. The second-order valence-electron chi connectivity index (χ2n) is 11.3. The highest BCUT2D eigenvalue weighted by atomic mass is 35.5. The van der Waals surface area contributed by atoms with E-state index in [2.05, 4.69) is 31.0 Å². The van der Waals surface area contributed by atoms with Crippen molar-refractivity contribution < 1.29 is 9.21 Å². The Morgan fingerprint density at radius 3 is 2.54 bits per heavy atom. The average molecular weight is 538 g/mol. The number of furan rings is 1. The van der Waals surface area contributed by atoms with Gasteiger partial charge in [-0.05, 0) is 79.3 Å². The zero-order chi connectivity index (χ0) is 26.0. The van der Waals surface area contributed by atoms with Gasteiger partial charge in [-0.2, -0.15) is 0 Å². The van der Waals surface area contributed by atoms with Gasteiger partial charge in [0.15, 0.2) is 5.88 Å². The molecule has 2 aromatic heterocycles. The number of benzene rings is 1. The van der Waals surface area contributed by atoms with Crippen LogP contribution < -0.4 is 10.2 Å². The highest BCUT2D eigenvalue weighted by molar-refractivity contribution is 7.16. The van der Waals surface area contributed by atoms with Gasteiger partial charge < -0.3 is 14.6 Å². The topological polar surface area (TPSA) is 57.8 Å². The third kappa shape index (κ3) is 6.12. The molecule has 1 aliphatic heterocycles. The minimum Gasteiger partial charge on any atom is -0.440 e. The molecule has 1 atom stereocenters. The van der Waals surface area contributed by atoms with Crippen LogP contribution in [0, 0.1) is 11.3 Å². The fourth-order valence-corrected chi connectivity index (χ4v) is 6.75. The molecule has 1 aromatic carbocycles.